The SMILES string of the molecule is CCOC(=O)C(C)OC(=O)CSc1nccc(-c2ccccn2)n1. The molecule has 0 N–H and O–H groups in total. The van der Waals surface area contributed by atoms with E-state index in [0.29, 0.717) is 10.9 Å². The van der Waals surface area contributed by atoms with Crippen molar-refractivity contribution in [3.05, 3.63) is 36.7 Å². The minimum Gasteiger partial charge on any atom is -0.463 e. The predicted molar refractivity (Wildman–Crippen MR) is 88.2 cm³/mol. The molecule has 2 heterocycles. The molecule has 0 bridgehead atoms. The molecule has 126 valence electrons. The number of carbonyl (C=O) groups is 2. The topological polar surface area (TPSA) is 91.3 Å². The Morgan fingerprint density at radius 3 is 2.71 bits per heavy atom. The molecule has 0 saturated heterocycles. The quantitative estimate of drug-likeness (QED) is 0.427. The maximum Gasteiger partial charge on any atom is 0.347 e. The zero-order valence-electron chi connectivity index (χ0n) is 13.3. The number of rotatable bonds is 7. The van der Waals surface area contributed by atoms with Crippen molar-refractivity contribution in [1.29, 1.82) is 0 Å². The minimum absolute atomic E-state index is 0.00455. The lowest BCUT2D eigenvalue weighted by atomic mass is 10.3. The summed E-state index contributed by atoms with van der Waals surface area (Å²) in [5.41, 5.74) is 1.39. The molecule has 0 fully saturated rings. The highest BCUT2D eigenvalue weighted by atomic mass is 32.2. The molecule has 0 amide bonds. The van der Waals surface area contributed by atoms with Gasteiger partial charge in [0, 0.05) is 12.4 Å². The summed E-state index contributed by atoms with van der Waals surface area (Å²) in [6, 6.07) is 7.27. The largest absolute Gasteiger partial charge is 0.463 e. The first kappa shape index (κ1) is 17.9. The maximum atomic E-state index is 11.8. The zero-order chi connectivity index (χ0) is 17.4. The van der Waals surface area contributed by atoms with Crippen LogP contribution in [-0.2, 0) is 19.1 Å². The lowest BCUT2D eigenvalue weighted by Gasteiger charge is -2.11. The van der Waals surface area contributed by atoms with Crippen molar-refractivity contribution < 1.29 is 19.1 Å². The van der Waals surface area contributed by atoms with Gasteiger partial charge in [0.2, 0.25) is 0 Å². The average Bonchev–Trinajstić information content (AvgIpc) is 2.61. The summed E-state index contributed by atoms with van der Waals surface area (Å²) >= 11 is 1.13. The second kappa shape index (κ2) is 8.97. The van der Waals surface area contributed by atoms with Gasteiger partial charge in [0.15, 0.2) is 11.3 Å². The lowest BCUT2D eigenvalue weighted by molar-refractivity contribution is -0.164. The van der Waals surface area contributed by atoms with Gasteiger partial charge in [0.05, 0.1) is 23.7 Å². The number of hydrogen-bond acceptors (Lipinski definition) is 8. The molecular formula is C16H17N3O4S. The first-order chi connectivity index (χ1) is 11.6. The predicted octanol–water partition coefficient (Wildman–Crippen LogP) is 2.13. The van der Waals surface area contributed by atoms with Crippen molar-refractivity contribution in [2.24, 2.45) is 0 Å². The summed E-state index contributed by atoms with van der Waals surface area (Å²) in [5.74, 6) is -1.10. The molecule has 0 aliphatic carbocycles. The van der Waals surface area contributed by atoms with Gasteiger partial charge in [-0.05, 0) is 32.0 Å². The van der Waals surface area contributed by atoms with E-state index in [1.54, 1.807) is 25.4 Å². The second-order valence-corrected chi connectivity index (χ2v) is 5.55. The van der Waals surface area contributed by atoms with Crippen LogP contribution in [0.5, 0.6) is 0 Å². The number of nitrogens with zero attached hydrogens (tertiary/aromatic N) is 3. The van der Waals surface area contributed by atoms with Gasteiger partial charge < -0.3 is 9.47 Å². The molecule has 2 aromatic heterocycles. The van der Waals surface area contributed by atoms with Crippen molar-refractivity contribution in [3.8, 4) is 11.4 Å². The molecule has 0 spiro atoms. The van der Waals surface area contributed by atoms with E-state index in [9.17, 15) is 9.59 Å². The number of thioether (sulfide) groups is 1. The van der Waals surface area contributed by atoms with E-state index < -0.39 is 18.0 Å². The lowest BCUT2D eigenvalue weighted by Crippen LogP contribution is -2.27. The fourth-order valence-electron chi connectivity index (χ4n) is 1.73. The summed E-state index contributed by atoms with van der Waals surface area (Å²) in [4.78, 5) is 35.9. The van der Waals surface area contributed by atoms with Crippen molar-refractivity contribution in [2.45, 2.75) is 25.1 Å². The van der Waals surface area contributed by atoms with Crippen LogP contribution in [0.1, 0.15) is 13.8 Å². The Kier molecular flexibility index (Phi) is 6.68. The summed E-state index contributed by atoms with van der Waals surface area (Å²) in [6.07, 6.45) is 2.35. The van der Waals surface area contributed by atoms with Gasteiger partial charge in [0.25, 0.3) is 0 Å². The normalized spacial score (nSPS) is 11.6. The van der Waals surface area contributed by atoms with Crippen LogP contribution in [0.2, 0.25) is 0 Å². The van der Waals surface area contributed by atoms with Gasteiger partial charge >= 0.3 is 11.9 Å². The molecule has 8 heteroatoms. The fourth-order valence-corrected chi connectivity index (χ4v) is 2.34. The molecule has 0 aliphatic rings. The highest BCUT2D eigenvalue weighted by Crippen LogP contribution is 2.18. The smallest absolute Gasteiger partial charge is 0.347 e. The molecule has 7 nitrogen and oxygen atoms in total. The van der Waals surface area contributed by atoms with Crippen LogP contribution in [0.15, 0.2) is 41.8 Å². The second-order valence-electron chi connectivity index (χ2n) is 4.61. The molecule has 2 aromatic rings. The zero-order valence-corrected chi connectivity index (χ0v) is 14.2. The molecule has 1 unspecified atom stereocenters. The van der Waals surface area contributed by atoms with E-state index in [0.717, 1.165) is 17.5 Å². The standard InChI is InChI=1S/C16H17N3O4S/c1-3-22-15(21)11(2)23-14(20)10-24-16-18-9-7-13(19-16)12-6-4-5-8-17-12/h4-9,11H,3,10H2,1-2H3. The Hall–Kier alpha value is -2.48. The number of hydrogen-bond donors (Lipinski definition) is 0. The molecule has 24 heavy (non-hydrogen) atoms. The average molecular weight is 347 g/mol. The van der Waals surface area contributed by atoms with Gasteiger partial charge in [0.1, 0.15) is 0 Å². The third-order valence-corrected chi connectivity index (χ3v) is 3.64. The van der Waals surface area contributed by atoms with E-state index in [4.69, 9.17) is 9.47 Å². The first-order valence-electron chi connectivity index (χ1n) is 7.33. The number of pyridine rings is 1. The number of carbonyl (C=O) groups excluding carboxylic acids is 2. The molecular weight excluding hydrogens is 330 g/mol. The van der Waals surface area contributed by atoms with Gasteiger partial charge in [-0.2, -0.15) is 0 Å². The van der Waals surface area contributed by atoms with Crippen LogP contribution in [0.4, 0.5) is 0 Å². The van der Waals surface area contributed by atoms with Crippen LogP contribution >= 0.6 is 11.8 Å². The van der Waals surface area contributed by atoms with Gasteiger partial charge in [-0.25, -0.2) is 14.8 Å². The van der Waals surface area contributed by atoms with Crippen molar-refractivity contribution in [2.75, 3.05) is 12.4 Å². The summed E-state index contributed by atoms with van der Waals surface area (Å²) < 4.78 is 9.78. The highest BCUT2D eigenvalue weighted by molar-refractivity contribution is 7.99. The maximum absolute atomic E-state index is 11.8. The third kappa shape index (κ3) is 5.31. The van der Waals surface area contributed by atoms with Gasteiger partial charge in [-0.3, -0.25) is 9.78 Å². The van der Waals surface area contributed by atoms with Crippen molar-refractivity contribution >= 4 is 23.7 Å². The Bertz CT molecular complexity index is 697. The summed E-state index contributed by atoms with van der Waals surface area (Å²) in [6.45, 7) is 3.40. The Balaban J connectivity index is 1.90. The van der Waals surface area contributed by atoms with Crippen molar-refractivity contribution in [3.63, 3.8) is 0 Å². The number of aromatic nitrogens is 3. The molecule has 0 saturated carbocycles. The van der Waals surface area contributed by atoms with Gasteiger partial charge in [-0.1, -0.05) is 17.8 Å². The molecule has 0 aromatic carbocycles. The molecule has 0 aliphatic heterocycles. The van der Waals surface area contributed by atoms with E-state index in [1.807, 2.05) is 18.2 Å². The Labute approximate surface area is 143 Å². The van der Waals surface area contributed by atoms with Crippen LogP contribution in [0.25, 0.3) is 11.4 Å². The van der Waals surface area contributed by atoms with Crippen LogP contribution < -0.4 is 0 Å². The Morgan fingerprint density at radius 1 is 1.17 bits per heavy atom. The van der Waals surface area contributed by atoms with E-state index in [2.05, 4.69) is 15.0 Å². The fraction of sp³-hybridized carbons (Fsp3) is 0.312. The van der Waals surface area contributed by atoms with Crippen LogP contribution in [-0.4, -0.2) is 45.4 Å². The minimum atomic E-state index is -0.932. The first-order valence-corrected chi connectivity index (χ1v) is 8.32. The summed E-state index contributed by atoms with van der Waals surface area (Å²) in [7, 11) is 0. The number of esters is 2. The molecule has 1 atom stereocenters. The van der Waals surface area contributed by atoms with Crippen molar-refractivity contribution in [1.82, 2.24) is 15.0 Å². The van der Waals surface area contributed by atoms with E-state index >= 15 is 0 Å². The van der Waals surface area contributed by atoms with E-state index in [-0.39, 0.29) is 12.4 Å². The highest BCUT2D eigenvalue weighted by Gasteiger charge is 2.19. The number of ether oxygens (including phenoxy) is 2. The Morgan fingerprint density at radius 2 is 2.00 bits per heavy atom. The third-order valence-electron chi connectivity index (χ3n) is 2.81. The summed E-state index contributed by atoms with van der Waals surface area (Å²) in [5, 5.41) is 0.430. The van der Waals surface area contributed by atoms with Crippen LogP contribution in [0.3, 0.4) is 0 Å². The van der Waals surface area contributed by atoms with E-state index in [1.165, 1.54) is 6.92 Å². The van der Waals surface area contributed by atoms with Gasteiger partial charge in [-0.15, -0.1) is 0 Å². The molecule has 2 rings (SSSR count). The van der Waals surface area contributed by atoms with Crippen LogP contribution in [0, 0.1) is 0 Å². The molecule has 0 radical (unpaired) electrons. The monoisotopic (exact) mass is 347 g/mol.